The minimum atomic E-state index is -0.950. The number of amides is 1. The van der Waals surface area contributed by atoms with Crippen molar-refractivity contribution in [2.24, 2.45) is 0 Å². The summed E-state index contributed by atoms with van der Waals surface area (Å²) in [5.41, 5.74) is 0.660. The number of carbonyl (C=O) groups excluding carboxylic acids is 1. The molecule has 1 aliphatic heterocycles. The van der Waals surface area contributed by atoms with Crippen molar-refractivity contribution in [1.82, 2.24) is 10.6 Å². The van der Waals surface area contributed by atoms with Crippen LogP contribution in [0, 0.1) is 11.3 Å². The van der Waals surface area contributed by atoms with E-state index in [1.807, 2.05) is 24.3 Å². The van der Waals surface area contributed by atoms with Crippen molar-refractivity contribution >= 4 is 29.1 Å². The average Bonchev–Trinajstić information content (AvgIpc) is 3.09. The quantitative estimate of drug-likeness (QED) is 0.630. The molecule has 146 valence electrons. The number of nitriles is 1. The van der Waals surface area contributed by atoms with Gasteiger partial charge < -0.3 is 15.7 Å². The standard InChI is InChI=1S/C21H21Cl2N3O2/c22-16-7-5-15(6-8-16)21(12-24)13-26-19(20(28)25-9-2-10-27)18(21)14-3-1-4-17(23)11-14/h1,3-8,11,18-19,26-27H,2,9-10,13H2,(H,25,28)/t18-,19?,21?/m1/s1. The van der Waals surface area contributed by atoms with E-state index in [1.54, 1.807) is 24.3 Å². The number of benzene rings is 2. The Morgan fingerprint density at radius 1 is 1.25 bits per heavy atom. The van der Waals surface area contributed by atoms with Gasteiger partial charge in [-0.25, -0.2) is 0 Å². The maximum absolute atomic E-state index is 12.9. The van der Waals surface area contributed by atoms with Gasteiger partial charge in [0.05, 0.1) is 12.1 Å². The fraction of sp³-hybridized carbons (Fsp3) is 0.333. The van der Waals surface area contributed by atoms with E-state index in [1.165, 1.54) is 0 Å². The van der Waals surface area contributed by atoms with Crippen LogP contribution in [0.25, 0.3) is 0 Å². The third-order valence-corrected chi connectivity index (χ3v) is 5.64. The van der Waals surface area contributed by atoms with Crippen molar-refractivity contribution in [1.29, 1.82) is 5.26 Å². The second-order valence-corrected chi connectivity index (χ2v) is 7.72. The van der Waals surface area contributed by atoms with Crippen LogP contribution in [0.3, 0.4) is 0 Å². The summed E-state index contributed by atoms with van der Waals surface area (Å²) in [6.07, 6.45) is 0.473. The first-order chi connectivity index (χ1) is 13.5. The molecule has 0 aromatic heterocycles. The third kappa shape index (κ3) is 4.01. The number of rotatable bonds is 6. The minimum absolute atomic E-state index is 0.00298. The smallest absolute Gasteiger partial charge is 0.237 e. The molecule has 1 aliphatic rings. The van der Waals surface area contributed by atoms with Gasteiger partial charge in [0.1, 0.15) is 5.41 Å². The number of hydrogen-bond acceptors (Lipinski definition) is 4. The van der Waals surface area contributed by atoms with E-state index in [4.69, 9.17) is 28.3 Å². The molecule has 28 heavy (non-hydrogen) atoms. The highest BCUT2D eigenvalue weighted by Crippen LogP contribution is 2.45. The van der Waals surface area contributed by atoms with Crippen LogP contribution in [0.2, 0.25) is 10.0 Å². The highest BCUT2D eigenvalue weighted by atomic mass is 35.5. The number of aliphatic hydroxyl groups excluding tert-OH is 1. The molecule has 5 nitrogen and oxygen atoms in total. The number of halogens is 2. The molecule has 1 heterocycles. The highest BCUT2D eigenvalue weighted by Gasteiger charge is 2.53. The fourth-order valence-electron chi connectivity index (χ4n) is 3.81. The zero-order chi connectivity index (χ0) is 20.1. The monoisotopic (exact) mass is 417 g/mol. The summed E-state index contributed by atoms with van der Waals surface area (Å²) in [6, 6.07) is 16.3. The number of carbonyl (C=O) groups is 1. The first kappa shape index (κ1) is 20.6. The van der Waals surface area contributed by atoms with Crippen LogP contribution in [0.1, 0.15) is 23.5 Å². The molecule has 2 aromatic carbocycles. The zero-order valence-corrected chi connectivity index (χ0v) is 16.7. The molecular weight excluding hydrogens is 397 g/mol. The predicted octanol–water partition coefficient (Wildman–Crippen LogP) is 3.01. The van der Waals surface area contributed by atoms with E-state index in [2.05, 4.69) is 16.7 Å². The summed E-state index contributed by atoms with van der Waals surface area (Å²) in [5, 5.41) is 26.4. The topological polar surface area (TPSA) is 85.2 Å². The third-order valence-electron chi connectivity index (χ3n) is 5.15. The van der Waals surface area contributed by atoms with Gasteiger partial charge >= 0.3 is 0 Å². The lowest BCUT2D eigenvalue weighted by Gasteiger charge is -2.31. The molecule has 3 atom stereocenters. The van der Waals surface area contributed by atoms with Crippen LogP contribution in [-0.2, 0) is 10.2 Å². The molecular formula is C21H21Cl2N3O2. The van der Waals surface area contributed by atoms with Crippen LogP contribution in [0.15, 0.2) is 48.5 Å². The van der Waals surface area contributed by atoms with Crippen molar-refractivity contribution < 1.29 is 9.90 Å². The lowest BCUT2D eigenvalue weighted by Crippen LogP contribution is -2.44. The summed E-state index contributed by atoms with van der Waals surface area (Å²) in [4.78, 5) is 12.9. The van der Waals surface area contributed by atoms with E-state index >= 15 is 0 Å². The van der Waals surface area contributed by atoms with Crippen LogP contribution >= 0.6 is 23.2 Å². The molecule has 1 amide bonds. The second-order valence-electron chi connectivity index (χ2n) is 6.85. The Morgan fingerprint density at radius 3 is 2.64 bits per heavy atom. The number of nitrogens with one attached hydrogen (secondary N) is 2. The summed E-state index contributed by atoms with van der Waals surface area (Å²) in [7, 11) is 0. The SMILES string of the molecule is N#CC1(c2ccc(Cl)cc2)CNC(C(=O)NCCCO)[C@H]1c1cccc(Cl)c1. The van der Waals surface area contributed by atoms with Crippen LogP contribution in [-0.4, -0.2) is 36.8 Å². The molecule has 0 radical (unpaired) electrons. The van der Waals surface area contributed by atoms with Crippen LogP contribution in [0.5, 0.6) is 0 Å². The average molecular weight is 418 g/mol. The van der Waals surface area contributed by atoms with Crippen molar-refractivity contribution in [2.75, 3.05) is 19.7 Å². The number of aliphatic hydroxyl groups is 1. The Kier molecular flexibility index (Phi) is 6.58. The summed E-state index contributed by atoms with van der Waals surface area (Å²) >= 11 is 12.2. The lowest BCUT2D eigenvalue weighted by molar-refractivity contribution is -0.123. The predicted molar refractivity (Wildman–Crippen MR) is 109 cm³/mol. The number of nitrogens with zero attached hydrogens (tertiary/aromatic N) is 1. The largest absolute Gasteiger partial charge is 0.396 e. The van der Waals surface area contributed by atoms with Crippen molar-refractivity contribution in [3.8, 4) is 6.07 Å². The van der Waals surface area contributed by atoms with Gasteiger partial charge in [0.25, 0.3) is 0 Å². The molecule has 3 rings (SSSR count). The maximum atomic E-state index is 12.9. The van der Waals surface area contributed by atoms with Crippen LogP contribution in [0.4, 0.5) is 0 Å². The van der Waals surface area contributed by atoms with Crippen molar-refractivity contribution in [3.05, 3.63) is 69.7 Å². The van der Waals surface area contributed by atoms with E-state index in [0.717, 1.165) is 11.1 Å². The minimum Gasteiger partial charge on any atom is -0.396 e. The lowest BCUT2D eigenvalue weighted by atomic mass is 9.68. The van der Waals surface area contributed by atoms with Gasteiger partial charge in [-0.3, -0.25) is 4.79 Å². The Labute approximate surface area is 174 Å². The van der Waals surface area contributed by atoms with E-state index in [-0.39, 0.29) is 12.5 Å². The molecule has 0 spiro atoms. The van der Waals surface area contributed by atoms with Gasteiger partial charge in [0.2, 0.25) is 5.91 Å². The normalized spacial score (nSPS) is 23.9. The van der Waals surface area contributed by atoms with Gasteiger partial charge in [-0.2, -0.15) is 5.26 Å². The maximum Gasteiger partial charge on any atom is 0.237 e. The van der Waals surface area contributed by atoms with Gasteiger partial charge in [-0.15, -0.1) is 0 Å². The second kappa shape index (κ2) is 8.93. The van der Waals surface area contributed by atoms with Crippen LogP contribution < -0.4 is 10.6 Å². The molecule has 1 saturated heterocycles. The van der Waals surface area contributed by atoms with E-state index < -0.39 is 17.4 Å². The fourth-order valence-corrected chi connectivity index (χ4v) is 4.13. The highest BCUT2D eigenvalue weighted by molar-refractivity contribution is 6.30. The molecule has 0 bridgehead atoms. The van der Waals surface area contributed by atoms with Crippen molar-refractivity contribution in [2.45, 2.75) is 23.8 Å². The van der Waals surface area contributed by atoms with Gasteiger partial charge in [-0.1, -0.05) is 47.5 Å². The summed E-state index contributed by atoms with van der Waals surface area (Å²) in [6.45, 7) is 0.694. The van der Waals surface area contributed by atoms with Crippen molar-refractivity contribution in [3.63, 3.8) is 0 Å². The molecule has 0 saturated carbocycles. The first-order valence-electron chi connectivity index (χ1n) is 9.06. The molecule has 2 aromatic rings. The summed E-state index contributed by atoms with van der Waals surface area (Å²) in [5.74, 6) is -0.643. The van der Waals surface area contributed by atoms with Gasteiger partial charge in [0.15, 0.2) is 0 Å². The zero-order valence-electron chi connectivity index (χ0n) is 15.2. The van der Waals surface area contributed by atoms with Gasteiger partial charge in [0, 0.05) is 35.7 Å². The first-order valence-corrected chi connectivity index (χ1v) is 9.82. The number of hydrogen-bond donors (Lipinski definition) is 3. The van der Waals surface area contributed by atoms with Gasteiger partial charge in [-0.05, 0) is 41.8 Å². The molecule has 0 aliphatic carbocycles. The summed E-state index contributed by atoms with van der Waals surface area (Å²) < 4.78 is 0. The Morgan fingerprint density at radius 2 is 2.00 bits per heavy atom. The Balaban J connectivity index is 2.05. The Hall–Kier alpha value is -2.10. The van der Waals surface area contributed by atoms with E-state index in [0.29, 0.717) is 29.6 Å². The molecule has 3 N–H and O–H groups in total. The molecule has 7 heteroatoms. The molecule has 2 unspecified atom stereocenters. The Bertz CT molecular complexity index is 882. The van der Waals surface area contributed by atoms with E-state index in [9.17, 15) is 10.1 Å². The molecule has 1 fully saturated rings.